The second-order valence-electron chi connectivity index (χ2n) is 5.62. The molecule has 146 valence electrons. The third-order valence-corrected chi connectivity index (χ3v) is 4.38. The first-order valence-corrected chi connectivity index (χ1v) is 6.15. The van der Waals surface area contributed by atoms with Gasteiger partial charge < -0.3 is 0 Å². The van der Waals surface area contributed by atoms with Gasteiger partial charge >= 0.3 is 23.7 Å². The number of hydrogen-bond donors (Lipinski definition) is 0. The minimum absolute atomic E-state index is 3.48. The summed E-state index contributed by atoms with van der Waals surface area (Å²) in [6, 6.07) is 0. The van der Waals surface area contributed by atoms with Crippen molar-refractivity contribution in [1.82, 2.24) is 0 Å². The molecule has 2 unspecified atom stereocenters. The Kier molecular flexibility index (Phi) is 3.08. The largest absolute Gasteiger partial charge is 0.367 e. The molecule has 2 atom stereocenters. The summed E-state index contributed by atoms with van der Waals surface area (Å²) in [5.74, 6) is -42.2. The summed E-state index contributed by atoms with van der Waals surface area (Å²) in [6.07, 6.45) is 0. The van der Waals surface area contributed by atoms with E-state index < -0.39 is 69.5 Å². The van der Waals surface area contributed by atoms with Gasteiger partial charge in [0.1, 0.15) is 0 Å². The molecule has 0 spiro atoms. The molecular weight excluding hydrogens is 410 g/mol. The first-order valence-electron chi connectivity index (χ1n) is 6.15. The fraction of sp³-hybridized carbons (Fsp3) is 0.500. The molecule has 4 aliphatic carbocycles. The Morgan fingerprint density at radius 3 is 0.846 bits per heavy atom. The predicted molar refractivity (Wildman–Crippen MR) is 53.0 cm³/mol. The zero-order chi connectivity index (χ0) is 20.5. The van der Waals surface area contributed by atoms with E-state index in [0.29, 0.717) is 0 Å². The fourth-order valence-electron chi connectivity index (χ4n) is 3.00. The summed E-state index contributed by atoms with van der Waals surface area (Å²) in [5, 5.41) is 0. The Morgan fingerprint density at radius 1 is 0.385 bits per heavy atom. The molecule has 0 N–H and O–H groups in total. The first kappa shape index (κ1) is 19.0. The highest BCUT2D eigenvalue weighted by Gasteiger charge is 2.93. The second kappa shape index (κ2) is 4.21. The van der Waals surface area contributed by atoms with Crippen molar-refractivity contribution in [2.45, 2.75) is 35.0 Å². The maximum absolute atomic E-state index is 14.4. The number of alkyl halides is 10. The molecule has 4 aliphatic rings. The standard InChI is InChI=1S/C12F14/c13-3-1-2(4(14)10(21,22)9(3,19)20)8(18)6(16)5(15)7(1,17)11(23,24)12(8,25)26. The SMILES string of the molecule is FC1=C2C(=C(F)C(F)(F)C1(F)F)C1(F)C(F)=C(F)C2(F)C(F)(F)C1(F)F. The molecule has 0 aromatic rings. The quantitative estimate of drug-likeness (QED) is 0.458. The van der Waals surface area contributed by atoms with E-state index in [9.17, 15) is 61.5 Å². The van der Waals surface area contributed by atoms with Gasteiger partial charge in [-0.3, -0.25) is 0 Å². The normalized spacial score (nSPS) is 39.5. The van der Waals surface area contributed by atoms with Crippen LogP contribution in [-0.2, 0) is 0 Å². The molecule has 1 fully saturated rings. The van der Waals surface area contributed by atoms with Crippen molar-refractivity contribution in [2.24, 2.45) is 0 Å². The lowest BCUT2D eigenvalue weighted by atomic mass is 9.57. The molecule has 0 aromatic heterocycles. The van der Waals surface area contributed by atoms with Gasteiger partial charge in [0.15, 0.2) is 23.3 Å². The summed E-state index contributed by atoms with van der Waals surface area (Å²) in [5.41, 5.74) is -19.4. The Labute approximate surface area is 132 Å². The van der Waals surface area contributed by atoms with E-state index in [4.69, 9.17) is 0 Å². The van der Waals surface area contributed by atoms with E-state index >= 15 is 0 Å². The van der Waals surface area contributed by atoms with Crippen LogP contribution in [0.3, 0.4) is 0 Å². The molecular formula is C12F14. The van der Waals surface area contributed by atoms with E-state index in [2.05, 4.69) is 0 Å². The average Bonchev–Trinajstić information content (AvgIpc) is 2.51. The first-order chi connectivity index (χ1) is 11.4. The van der Waals surface area contributed by atoms with Crippen LogP contribution in [0.15, 0.2) is 34.5 Å². The highest BCUT2D eigenvalue weighted by Crippen LogP contribution is 2.74. The number of allylic oxidation sites excluding steroid dienone is 6. The van der Waals surface area contributed by atoms with Crippen LogP contribution < -0.4 is 0 Å². The Balaban J connectivity index is 2.65. The summed E-state index contributed by atoms with van der Waals surface area (Å²) in [7, 11) is 0. The minimum atomic E-state index is -6.78. The van der Waals surface area contributed by atoms with E-state index in [-0.39, 0.29) is 0 Å². The van der Waals surface area contributed by atoms with Crippen LogP contribution in [0.1, 0.15) is 0 Å². The molecule has 26 heavy (non-hydrogen) atoms. The van der Waals surface area contributed by atoms with E-state index in [1.807, 2.05) is 0 Å². The molecule has 14 heteroatoms. The topological polar surface area (TPSA) is 0 Å². The summed E-state index contributed by atoms with van der Waals surface area (Å²) in [6.45, 7) is 0. The minimum Gasteiger partial charge on any atom is -0.224 e. The molecule has 0 radical (unpaired) electrons. The van der Waals surface area contributed by atoms with Gasteiger partial charge in [-0.1, -0.05) is 0 Å². The summed E-state index contributed by atoms with van der Waals surface area (Å²) >= 11 is 0. The van der Waals surface area contributed by atoms with Crippen molar-refractivity contribution in [3.8, 4) is 0 Å². The lowest BCUT2D eigenvalue weighted by molar-refractivity contribution is -0.318. The lowest BCUT2D eigenvalue weighted by Crippen LogP contribution is -2.76. The Hall–Kier alpha value is -1.76. The van der Waals surface area contributed by atoms with Crippen LogP contribution >= 0.6 is 0 Å². The highest BCUT2D eigenvalue weighted by atomic mass is 19.3. The van der Waals surface area contributed by atoms with Crippen molar-refractivity contribution in [3.63, 3.8) is 0 Å². The van der Waals surface area contributed by atoms with Crippen molar-refractivity contribution < 1.29 is 61.5 Å². The number of halogens is 14. The third-order valence-electron chi connectivity index (χ3n) is 4.38. The fourth-order valence-corrected chi connectivity index (χ4v) is 3.00. The number of hydrogen-bond acceptors (Lipinski definition) is 0. The maximum atomic E-state index is 14.4. The average molecular weight is 410 g/mol. The maximum Gasteiger partial charge on any atom is 0.367 e. The van der Waals surface area contributed by atoms with Crippen LogP contribution in [-0.4, -0.2) is 35.0 Å². The van der Waals surface area contributed by atoms with Gasteiger partial charge in [-0.2, -0.15) is 35.1 Å². The van der Waals surface area contributed by atoms with Gasteiger partial charge in [0, 0.05) is 0 Å². The van der Waals surface area contributed by atoms with Crippen molar-refractivity contribution in [2.75, 3.05) is 0 Å². The van der Waals surface area contributed by atoms with Crippen LogP contribution in [0.5, 0.6) is 0 Å². The Bertz CT molecular complexity index is 761. The van der Waals surface area contributed by atoms with Gasteiger partial charge in [-0.15, -0.1) is 0 Å². The van der Waals surface area contributed by atoms with Gasteiger partial charge in [-0.05, 0) is 0 Å². The molecule has 0 heterocycles. The molecule has 0 aromatic carbocycles. The summed E-state index contributed by atoms with van der Waals surface area (Å²) in [4.78, 5) is 0. The zero-order valence-corrected chi connectivity index (χ0v) is 11.3. The van der Waals surface area contributed by atoms with E-state index in [0.717, 1.165) is 0 Å². The summed E-state index contributed by atoms with van der Waals surface area (Å²) < 4.78 is 191. The van der Waals surface area contributed by atoms with Crippen molar-refractivity contribution >= 4 is 0 Å². The molecule has 0 nitrogen and oxygen atoms in total. The van der Waals surface area contributed by atoms with Gasteiger partial charge in [0.2, 0.25) is 0 Å². The molecule has 4 rings (SSSR count). The number of rotatable bonds is 0. The van der Waals surface area contributed by atoms with Crippen molar-refractivity contribution in [1.29, 1.82) is 0 Å². The zero-order valence-electron chi connectivity index (χ0n) is 11.3. The molecule has 2 bridgehead atoms. The van der Waals surface area contributed by atoms with Gasteiger partial charge in [-0.25, -0.2) is 26.3 Å². The number of fused-ring (bicyclic) bond motifs is 1. The predicted octanol–water partition coefficient (Wildman–Crippen LogP) is 5.58. The highest BCUT2D eigenvalue weighted by molar-refractivity contribution is 5.70. The third kappa shape index (κ3) is 1.35. The molecule has 0 aliphatic heterocycles. The van der Waals surface area contributed by atoms with E-state index in [1.165, 1.54) is 0 Å². The monoisotopic (exact) mass is 410 g/mol. The van der Waals surface area contributed by atoms with Crippen LogP contribution in [0.4, 0.5) is 61.5 Å². The van der Waals surface area contributed by atoms with Gasteiger partial charge in [0.05, 0.1) is 11.1 Å². The van der Waals surface area contributed by atoms with E-state index in [1.54, 1.807) is 0 Å². The van der Waals surface area contributed by atoms with Gasteiger partial charge in [0.25, 0.3) is 11.3 Å². The molecule has 0 amide bonds. The Morgan fingerprint density at radius 2 is 0.615 bits per heavy atom. The van der Waals surface area contributed by atoms with Crippen LogP contribution in [0, 0.1) is 0 Å². The molecule has 0 saturated heterocycles. The van der Waals surface area contributed by atoms with Crippen LogP contribution in [0.2, 0.25) is 0 Å². The second-order valence-corrected chi connectivity index (χ2v) is 5.62. The smallest absolute Gasteiger partial charge is 0.224 e. The van der Waals surface area contributed by atoms with Crippen LogP contribution in [0.25, 0.3) is 0 Å². The molecule has 1 saturated carbocycles. The lowest BCUT2D eigenvalue weighted by Gasteiger charge is -2.55. The van der Waals surface area contributed by atoms with Crippen molar-refractivity contribution in [3.05, 3.63) is 34.5 Å².